The predicted molar refractivity (Wildman–Crippen MR) is 112 cm³/mol. The van der Waals surface area contributed by atoms with Crippen molar-refractivity contribution in [2.45, 2.75) is 64.0 Å². The largest absolute Gasteiger partial charge is 0.339 e. The highest BCUT2D eigenvalue weighted by Gasteiger charge is 2.34. The summed E-state index contributed by atoms with van der Waals surface area (Å²) in [5.74, 6) is 0.406. The Bertz CT molecular complexity index is 845. The van der Waals surface area contributed by atoms with Crippen molar-refractivity contribution in [3.05, 3.63) is 53.3 Å². The number of piperidine rings is 2. The lowest BCUT2D eigenvalue weighted by atomic mass is 9.90. The molecule has 2 atom stereocenters. The molecule has 0 unspecified atom stereocenters. The Morgan fingerprint density at radius 1 is 0.966 bits per heavy atom. The molecule has 3 heterocycles. The molecule has 1 aromatic carbocycles. The molecule has 2 fully saturated rings. The zero-order chi connectivity index (χ0) is 20.4. The molecule has 6 nitrogen and oxygen atoms in total. The van der Waals surface area contributed by atoms with Crippen LogP contribution in [0.15, 0.2) is 36.5 Å². The molecule has 1 N–H and O–H groups in total. The van der Waals surface area contributed by atoms with Crippen molar-refractivity contribution in [3.8, 4) is 0 Å². The van der Waals surface area contributed by atoms with Crippen molar-refractivity contribution in [3.63, 3.8) is 0 Å². The summed E-state index contributed by atoms with van der Waals surface area (Å²) in [5.41, 5.74) is 2.38. The van der Waals surface area contributed by atoms with Crippen LogP contribution in [0, 0.1) is 0 Å². The summed E-state index contributed by atoms with van der Waals surface area (Å²) in [4.78, 5) is 29.9. The van der Waals surface area contributed by atoms with Gasteiger partial charge in [-0.25, -0.2) is 0 Å². The van der Waals surface area contributed by atoms with Crippen LogP contribution < -0.4 is 0 Å². The summed E-state index contributed by atoms with van der Waals surface area (Å²) >= 11 is 0. The van der Waals surface area contributed by atoms with Crippen molar-refractivity contribution in [1.82, 2.24) is 20.0 Å². The summed E-state index contributed by atoms with van der Waals surface area (Å²) < 4.78 is 0. The van der Waals surface area contributed by atoms with Gasteiger partial charge in [0, 0.05) is 36.7 Å². The van der Waals surface area contributed by atoms with Crippen molar-refractivity contribution >= 4 is 11.8 Å². The molecule has 2 aromatic rings. The Labute approximate surface area is 172 Å². The lowest BCUT2D eigenvalue weighted by molar-refractivity contribution is 0.0507. The Hall–Kier alpha value is -2.63. The highest BCUT2D eigenvalue weighted by Crippen LogP contribution is 2.32. The van der Waals surface area contributed by atoms with Crippen molar-refractivity contribution in [2.75, 3.05) is 13.1 Å². The molecule has 29 heavy (non-hydrogen) atoms. The van der Waals surface area contributed by atoms with Gasteiger partial charge in [-0.15, -0.1) is 0 Å². The van der Waals surface area contributed by atoms with E-state index in [9.17, 15) is 9.59 Å². The molecule has 0 saturated carbocycles. The first kappa shape index (κ1) is 19.7. The number of nitrogens with zero attached hydrogens (tertiary/aromatic N) is 3. The fourth-order valence-corrected chi connectivity index (χ4v) is 4.87. The number of carbonyl (C=O) groups is 2. The van der Waals surface area contributed by atoms with Crippen LogP contribution in [0.1, 0.15) is 78.3 Å². The van der Waals surface area contributed by atoms with Gasteiger partial charge in [-0.3, -0.25) is 14.7 Å². The molecule has 1 aromatic heterocycles. The van der Waals surface area contributed by atoms with Gasteiger partial charge in [-0.05, 0) is 58.1 Å². The first-order chi connectivity index (χ1) is 14.1. The Balaban J connectivity index is 1.44. The van der Waals surface area contributed by atoms with Gasteiger partial charge in [-0.2, -0.15) is 5.10 Å². The molecule has 154 valence electrons. The van der Waals surface area contributed by atoms with E-state index in [4.69, 9.17) is 0 Å². The lowest BCUT2D eigenvalue weighted by Gasteiger charge is -2.39. The number of nitrogens with one attached hydrogen (secondary N) is 1. The number of aromatic amines is 1. The van der Waals surface area contributed by atoms with E-state index in [1.165, 1.54) is 6.42 Å². The number of carbonyl (C=O) groups excluding carboxylic acids is 2. The first-order valence-corrected chi connectivity index (χ1v) is 10.8. The van der Waals surface area contributed by atoms with Crippen LogP contribution in [0.25, 0.3) is 0 Å². The van der Waals surface area contributed by atoms with Gasteiger partial charge in [0.25, 0.3) is 11.8 Å². The van der Waals surface area contributed by atoms with Crippen molar-refractivity contribution in [2.24, 2.45) is 0 Å². The maximum atomic E-state index is 13.3. The maximum Gasteiger partial charge on any atom is 0.257 e. The highest BCUT2D eigenvalue weighted by molar-refractivity contribution is 5.96. The minimum Gasteiger partial charge on any atom is -0.339 e. The molecule has 0 spiro atoms. The molecule has 4 rings (SSSR count). The average Bonchev–Trinajstić information content (AvgIpc) is 3.24. The zero-order valence-electron chi connectivity index (χ0n) is 17.3. The number of H-pyrrole nitrogens is 1. The first-order valence-electron chi connectivity index (χ1n) is 10.8. The molecule has 2 amide bonds. The van der Waals surface area contributed by atoms with E-state index in [1.54, 1.807) is 6.20 Å². The molecule has 0 aliphatic carbocycles. The van der Waals surface area contributed by atoms with Gasteiger partial charge in [-0.1, -0.05) is 18.2 Å². The fourth-order valence-electron chi connectivity index (χ4n) is 4.87. The summed E-state index contributed by atoms with van der Waals surface area (Å²) in [6, 6.07) is 9.96. The molecule has 6 heteroatoms. The van der Waals surface area contributed by atoms with Crippen LogP contribution in [-0.2, 0) is 0 Å². The van der Waals surface area contributed by atoms with E-state index in [0.717, 1.165) is 36.9 Å². The van der Waals surface area contributed by atoms with E-state index in [-0.39, 0.29) is 29.8 Å². The molecule has 0 radical (unpaired) electrons. The van der Waals surface area contributed by atoms with Crippen LogP contribution in [0.3, 0.4) is 0 Å². The number of hydrogen-bond acceptors (Lipinski definition) is 3. The number of likely N-dealkylation sites (tertiary alicyclic amines) is 2. The number of amides is 2. The molecule has 2 aliphatic rings. The quantitative estimate of drug-likeness (QED) is 0.860. The van der Waals surface area contributed by atoms with Gasteiger partial charge in [0.2, 0.25) is 0 Å². The Kier molecular flexibility index (Phi) is 5.69. The average molecular weight is 395 g/mol. The molecule has 2 aliphatic heterocycles. The van der Waals surface area contributed by atoms with Gasteiger partial charge < -0.3 is 9.80 Å². The van der Waals surface area contributed by atoms with Gasteiger partial charge >= 0.3 is 0 Å². The SMILES string of the molecule is C[C@H]1CCC[C@H](C)N1C(=O)c1cn[nH]c1C1CCN(C(=O)c2ccccc2)CC1. The second-order valence-corrected chi connectivity index (χ2v) is 8.47. The predicted octanol–water partition coefficient (Wildman–Crippen LogP) is 3.83. The number of rotatable bonds is 3. The molecule has 2 saturated heterocycles. The van der Waals surface area contributed by atoms with E-state index in [2.05, 4.69) is 24.0 Å². The van der Waals surface area contributed by atoms with Crippen molar-refractivity contribution < 1.29 is 9.59 Å². The van der Waals surface area contributed by atoms with Gasteiger partial charge in [0.05, 0.1) is 17.5 Å². The summed E-state index contributed by atoms with van der Waals surface area (Å²) in [6.07, 6.45) is 6.66. The van der Waals surface area contributed by atoms with Crippen LogP contribution in [0.5, 0.6) is 0 Å². The monoisotopic (exact) mass is 394 g/mol. The zero-order valence-corrected chi connectivity index (χ0v) is 17.3. The number of hydrogen-bond donors (Lipinski definition) is 1. The van der Waals surface area contributed by atoms with E-state index in [1.807, 2.05) is 40.1 Å². The molecular formula is C23H30N4O2. The van der Waals surface area contributed by atoms with Crippen LogP contribution in [-0.4, -0.2) is 57.0 Å². The van der Waals surface area contributed by atoms with E-state index in [0.29, 0.717) is 18.7 Å². The third-order valence-electron chi connectivity index (χ3n) is 6.54. The van der Waals surface area contributed by atoms with Crippen molar-refractivity contribution in [1.29, 1.82) is 0 Å². The smallest absolute Gasteiger partial charge is 0.257 e. The third kappa shape index (κ3) is 3.93. The summed E-state index contributed by atoms with van der Waals surface area (Å²) in [7, 11) is 0. The summed E-state index contributed by atoms with van der Waals surface area (Å²) in [5, 5.41) is 7.31. The standard InChI is InChI=1S/C23H30N4O2/c1-16-7-6-8-17(2)27(16)23(29)20-15-24-25-21(20)18-11-13-26(14-12-18)22(28)19-9-4-3-5-10-19/h3-5,9-10,15-18H,6-8,11-14H2,1-2H3,(H,24,25)/t16-,17-/m0/s1. The van der Waals surface area contributed by atoms with Crippen LogP contribution in [0.2, 0.25) is 0 Å². The Morgan fingerprint density at radius 2 is 1.62 bits per heavy atom. The second kappa shape index (κ2) is 8.39. The van der Waals surface area contributed by atoms with Gasteiger partial charge in [0.15, 0.2) is 0 Å². The fraction of sp³-hybridized carbons (Fsp3) is 0.522. The van der Waals surface area contributed by atoms with E-state index < -0.39 is 0 Å². The molecule has 0 bridgehead atoms. The highest BCUT2D eigenvalue weighted by atomic mass is 16.2. The van der Waals surface area contributed by atoms with Crippen LogP contribution >= 0.6 is 0 Å². The lowest BCUT2D eigenvalue weighted by Crippen LogP contribution is -2.47. The second-order valence-electron chi connectivity index (χ2n) is 8.47. The van der Waals surface area contributed by atoms with E-state index >= 15 is 0 Å². The topological polar surface area (TPSA) is 69.3 Å². The molecular weight excluding hydrogens is 364 g/mol. The normalized spacial score (nSPS) is 23.2. The number of aromatic nitrogens is 2. The maximum absolute atomic E-state index is 13.3. The summed E-state index contributed by atoms with van der Waals surface area (Å²) in [6.45, 7) is 5.67. The number of benzene rings is 1. The minimum atomic E-state index is 0.0842. The third-order valence-corrected chi connectivity index (χ3v) is 6.54. The Morgan fingerprint density at radius 3 is 2.28 bits per heavy atom. The van der Waals surface area contributed by atoms with Gasteiger partial charge in [0.1, 0.15) is 0 Å². The minimum absolute atomic E-state index is 0.0842. The van der Waals surface area contributed by atoms with Crippen LogP contribution in [0.4, 0.5) is 0 Å².